The third kappa shape index (κ3) is 5.91. The van der Waals surface area contributed by atoms with Crippen molar-refractivity contribution < 1.29 is 8.42 Å². The van der Waals surface area contributed by atoms with Gasteiger partial charge in [-0.15, -0.1) is 0 Å². The van der Waals surface area contributed by atoms with Gasteiger partial charge < -0.3 is 15.1 Å². The molecule has 0 amide bonds. The second-order valence-corrected chi connectivity index (χ2v) is 8.77. The van der Waals surface area contributed by atoms with E-state index >= 15 is 0 Å². The fourth-order valence-corrected chi connectivity index (χ4v) is 4.09. The van der Waals surface area contributed by atoms with Gasteiger partial charge in [-0.25, -0.2) is 18.1 Å². The summed E-state index contributed by atoms with van der Waals surface area (Å²) in [6.07, 6.45) is 1.82. The minimum absolute atomic E-state index is 0.0262. The molecule has 2 aromatic rings. The summed E-state index contributed by atoms with van der Waals surface area (Å²) in [5.74, 6) is 1.82. The van der Waals surface area contributed by atoms with E-state index in [-0.39, 0.29) is 5.75 Å². The second kappa shape index (κ2) is 9.71. The van der Waals surface area contributed by atoms with Crippen LogP contribution >= 0.6 is 0 Å². The van der Waals surface area contributed by atoms with Crippen LogP contribution in [-0.2, 0) is 22.3 Å². The molecule has 1 fully saturated rings. The summed E-state index contributed by atoms with van der Waals surface area (Å²) in [5, 5.41) is 3.39. The average molecular weight is 417 g/mol. The van der Waals surface area contributed by atoms with Gasteiger partial charge in [0.25, 0.3) is 0 Å². The number of piperazine rings is 1. The Morgan fingerprint density at radius 3 is 2.52 bits per heavy atom. The smallest absolute Gasteiger partial charge is 0.215 e. The molecule has 2 heterocycles. The summed E-state index contributed by atoms with van der Waals surface area (Å²) in [6.45, 7) is 4.07. The number of hydrogen-bond donors (Lipinski definition) is 2. The minimum atomic E-state index is -3.28. The molecule has 3 rings (SSSR count). The number of aromatic nitrogens is 1. The fraction of sp³-hybridized carbons (Fsp3) is 0.400. The number of hydrogen-bond acceptors (Lipinski definition) is 5. The molecular weight excluding hydrogens is 388 g/mol. The normalized spacial score (nSPS) is 15.4. The first-order valence-electron chi connectivity index (χ1n) is 9.61. The molecule has 2 N–H and O–H groups in total. The Hall–Kier alpha value is -2.65. The number of aliphatic imine (C=N–C) groups is 1. The molecule has 8 nitrogen and oxygen atoms in total. The molecular formula is C20H28N6O2S. The Morgan fingerprint density at radius 1 is 1.10 bits per heavy atom. The molecule has 9 heteroatoms. The number of anilines is 1. The Bertz CT molecular complexity index is 925. The molecule has 0 saturated carbocycles. The lowest BCUT2D eigenvalue weighted by atomic mass is 10.1. The summed E-state index contributed by atoms with van der Waals surface area (Å²) in [7, 11) is -0.0726. The maximum absolute atomic E-state index is 11.8. The van der Waals surface area contributed by atoms with Crippen molar-refractivity contribution in [2.24, 2.45) is 4.99 Å². The molecule has 156 valence electrons. The minimum Gasteiger partial charge on any atom is -0.353 e. The summed E-state index contributed by atoms with van der Waals surface area (Å²) in [4.78, 5) is 13.3. The Labute approximate surface area is 172 Å². The van der Waals surface area contributed by atoms with E-state index in [1.807, 2.05) is 48.7 Å². The van der Waals surface area contributed by atoms with Gasteiger partial charge in [0.15, 0.2) is 5.96 Å². The topological polar surface area (TPSA) is 89.9 Å². The van der Waals surface area contributed by atoms with Gasteiger partial charge in [-0.3, -0.25) is 4.99 Å². The molecule has 0 atom stereocenters. The number of sulfonamides is 1. The van der Waals surface area contributed by atoms with Gasteiger partial charge >= 0.3 is 0 Å². The first kappa shape index (κ1) is 21.1. The van der Waals surface area contributed by atoms with Crippen molar-refractivity contribution in [2.45, 2.75) is 12.3 Å². The zero-order valence-electron chi connectivity index (χ0n) is 16.9. The van der Waals surface area contributed by atoms with E-state index in [4.69, 9.17) is 0 Å². The monoisotopic (exact) mass is 416 g/mol. The van der Waals surface area contributed by atoms with Gasteiger partial charge in [0.05, 0.1) is 5.75 Å². The first-order chi connectivity index (χ1) is 14.0. The zero-order chi connectivity index (χ0) is 20.7. The Morgan fingerprint density at radius 2 is 1.86 bits per heavy atom. The van der Waals surface area contributed by atoms with E-state index in [9.17, 15) is 8.42 Å². The van der Waals surface area contributed by atoms with Crippen LogP contribution in [0.5, 0.6) is 0 Å². The molecule has 0 spiro atoms. The zero-order valence-corrected chi connectivity index (χ0v) is 17.7. The van der Waals surface area contributed by atoms with E-state index in [0.29, 0.717) is 6.54 Å². The lowest BCUT2D eigenvalue weighted by Crippen LogP contribution is -2.52. The van der Waals surface area contributed by atoms with Gasteiger partial charge in [-0.05, 0) is 30.3 Å². The van der Waals surface area contributed by atoms with Crippen molar-refractivity contribution in [1.82, 2.24) is 19.9 Å². The van der Waals surface area contributed by atoms with Crippen LogP contribution in [0.25, 0.3) is 0 Å². The molecule has 1 aromatic heterocycles. The summed E-state index contributed by atoms with van der Waals surface area (Å²) < 4.78 is 25.9. The van der Waals surface area contributed by atoms with Crippen LogP contribution in [0.2, 0.25) is 0 Å². The average Bonchev–Trinajstić information content (AvgIpc) is 2.75. The molecule has 1 aliphatic rings. The maximum atomic E-state index is 11.8. The third-order valence-corrected chi connectivity index (χ3v) is 6.21. The van der Waals surface area contributed by atoms with Gasteiger partial charge in [0.1, 0.15) is 5.82 Å². The summed E-state index contributed by atoms with van der Waals surface area (Å²) in [6, 6.07) is 13.6. The van der Waals surface area contributed by atoms with Crippen molar-refractivity contribution >= 4 is 21.8 Å². The van der Waals surface area contributed by atoms with Gasteiger partial charge in [0.2, 0.25) is 10.0 Å². The Balaban J connectivity index is 1.55. The van der Waals surface area contributed by atoms with E-state index in [2.05, 4.69) is 29.8 Å². The van der Waals surface area contributed by atoms with Crippen molar-refractivity contribution in [1.29, 1.82) is 0 Å². The number of nitrogens with zero attached hydrogens (tertiary/aromatic N) is 4. The second-order valence-electron chi connectivity index (χ2n) is 6.85. The van der Waals surface area contributed by atoms with Gasteiger partial charge in [-0.2, -0.15) is 0 Å². The van der Waals surface area contributed by atoms with E-state index in [1.165, 1.54) is 7.05 Å². The standard InChI is InChI=1S/C20H28N6O2S/c1-21-20(26-12-10-25(11-13-26)19-8-3-4-9-23-19)24-15-17-6-5-7-18(14-17)16-29(27,28)22-2/h3-9,14,22H,10-13,15-16H2,1-2H3,(H,21,24). The van der Waals surface area contributed by atoms with Crippen LogP contribution < -0.4 is 14.9 Å². The number of pyridine rings is 1. The predicted molar refractivity (Wildman–Crippen MR) is 116 cm³/mol. The summed E-state index contributed by atoms with van der Waals surface area (Å²) in [5.41, 5.74) is 1.78. The van der Waals surface area contributed by atoms with E-state index in [0.717, 1.165) is 49.1 Å². The highest BCUT2D eigenvalue weighted by molar-refractivity contribution is 7.88. The van der Waals surface area contributed by atoms with E-state index < -0.39 is 10.0 Å². The van der Waals surface area contributed by atoms with Crippen molar-refractivity contribution in [3.8, 4) is 0 Å². The predicted octanol–water partition coefficient (Wildman–Crippen LogP) is 1.03. The highest BCUT2D eigenvalue weighted by atomic mass is 32.2. The number of rotatable bonds is 6. The van der Waals surface area contributed by atoms with Crippen LogP contribution in [-0.4, -0.2) is 64.5 Å². The summed E-state index contributed by atoms with van der Waals surface area (Å²) >= 11 is 0. The lowest BCUT2D eigenvalue weighted by molar-refractivity contribution is 0.371. The molecule has 1 aromatic carbocycles. The third-order valence-electron chi connectivity index (χ3n) is 4.87. The highest BCUT2D eigenvalue weighted by Crippen LogP contribution is 2.13. The molecule has 29 heavy (non-hydrogen) atoms. The first-order valence-corrected chi connectivity index (χ1v) is 11.3. The fourth-order valence-electron chi connectivity index (χ4n) is 3.32. The number of nitrogens with one attached hydrogen (secondary N) is 2. The number of guanidine groups is 1. The molecule has 0 unspecified atom stereocenters. The van der Waals surface area contributed by atoms with Crippen molar-refractivity contribution in [3.63, 3.8) is 0 Å². The largest absolute Gasteiger partial charge is 0.353 e. The quantitative estimate of drug-likeness (QED) is 0.540. The van der Waals surface area contributed by atoms with Gasteiger partial charge in [-0.1, -0.05) is 30.3 Å². The number of benzene rings is 1. The Kier molecular flexibility index (Phi) is 7.05. The molecule has 1 aliphatic heterocycles. The van der Waals surface area contributed by atoms with Crippen LogP contribution in [0, 0.1) is 0 Å². The van der Waals surface area contributed by atoms with Crippen LogP contribution in [0.15, 0.2) is 53.7 Å². The highest BCUT2D eigenvalue weighted by Gasteiger charge is 2.20. The van der Waals surface area contributed by atoms with Crippen LogP contribution in [0.3, 0.4) is 0 Å². The van der Waals surface area contributed by atoms with Crippen molar-refractivity contribution in [3.05, 3.63) is 59.8 Å². The SMILES string of the molecule is CN=C(NCc1cccc(CS(=O)(=O)NC)c1)N1CCN(c2ccccn2)CC1. The van der Waals surface area contributed by atoms with Crippen molar-refractivity contribution in [2.75, 3.05) is 45.2 Å². The molecule has 0 bridgehead atoms. The molecule has 0 aliphatic carbocycles. The molecule has 1 saturated heterocycles. The van der Waals surface area contributed by atoms with Crippen LogP contribution in [0.1, 0.15) is 11.1 Å². The molecule has 0 radical (unpaired) electrons. The van der Waals surface area contributed by atoms with Gasteiger partial charge in [0, 0.05) is 46.0 Å². The van der Waals surface area contributed by atoms with Crippen LogP contribution in [0.4, 0.5) is 5.82 Å². The maximum Gasteiger partial charge on any atom is 0.215 e. The lowest BCUT2D eigenvalue weighted by Gasteiger charge is -2.37. The van der Waals surface area contributed by atoms with E-state index in [1.54, 1.807) is 7.05 Å².